The molecule has 0 saturated carbocycles. The van der Waals surface area contributed by atoms with Crippen LogP contribution in [0.25, 0.3) is 10.9 Å². The van der Waals surface area contributed by atoms with E-state index in [0.29, 0.717) is 16.6 Å². The lowest BCUT2D eigenvalue weighted by atomic mass is 10.1. The lowest BCUT2D eigenvalue weighted by Gasteiger charge is -2.04. The van der Waals surface area contributed by atoms with Crippen LogP contribution in [0.3, 0.4) is 0 Å². The Morgan fingerprint density at radius 2 is 2.12 bits per heavy atom. The first-order chi connectivity index (χ1) is 7.99. The number of hydrogen-bond donors (Lipinski definition) is 1. The summed E-state index contributed by atoms with van der Waals surface area (Å²) in [5, 5.41) is 9.50. The molecule has 0 aliphatic rings. The zero-order chi connectivity index (χ0) is 12.7. The maximum atomic E-state index is 13.6. The molecule has 1 N–H and O–H groups in total. The number of carboxylic acids is 1. The van der Waals surface area contributed by atoms with E-state index in [2.05, 4.69) is 0 Å². The molecule has 2 aromatic rings. The molecular formula is C12H12FNO3. The monoisotopic (exact) mass is 237 g/mol. The number of hydrogen-bond acceptors (Lipinski definition) is 2. The fourth-order valence-electron chi connectivity index (χ4n) is 2.06. The van der Waals surface area contributed by atoms with Gasteiger partial charge in [0, 0.05) is 12.7 Å². The van der Waals surface area contributed by atoms with Gasteiger partial charge in [0.15, 0.2) is 11.6 Å². The minimum absolute atomic E-state index is 0.0244. The van der Waals surface area contributed by atoms with E-state index in [-0.39, 0.29) is 11.3 Å². The van der Waals surface area contributed by atoms with E-state index < -0.39 is 11.8 Å². The molecule has 2 rings (SSSR count). The van der Waals surface area contributed by atoms with Gasteiger partial charge in [-0.3, -0.25) is 0 Å². The largest absolute Gasteiger partial charge is 0.493 e. The van der Waals surface area contributed by atoms with Gasteiger partial charge in [0.2, 0.25) is 0 Å². The topological polar surface area (TPSA) is 51.5 Å². The lowest BCUT2D eigenvalue weighted by Crippen LogP contribution is -2.00. The first-order valence-corrected chi connectivity index (χ1v) is 5.03. The Labute approximate surface area is 97.2 Å². The Bertz CT molecular complexity index is 616. The molecule has 1 heterocycles. The summed E-state index contributed by atoms with van der Waals surface area (Å²) in [4.78, 5) is 11.2. The van der Waals surface area contributed by atoms with Gasteiger partial charge in [0.25, 0.3) is 0 Å². The van der Waals surface area contributed by atoms with Crippen molar-refractivity contribution in [3.63, 3.8) is 0 Å². The van der Waals surface area contributed by atoms with Gasteiger partial charge in [-0.1, -0.05) is 0 Å². The minimum Gasteiger partial charge on any atom is -0.493 e. The third kappa shape index (κ3) is 1.46. The number of fused-ring (bicyclic) bond motifs is 1. The molecule has 17 heavy (non-hydrogen) atoms. The number of rotatable bonds is 2. The lowest BCUT2D eigenvalue weighted by molar-refractivity contribution is 0.0698. The average Bonchev–Trinajstić information content (AvgIpc) is 2.52. The number of carboxylic acid groups (broad SMARTS) is 1. The van der Waals surface area contributed by atoms with Crippen LogP contribution in [-0.2, 0) is 7.05 Å². The van der Waals surface area contributed by atoms with Crippen molar-refractivity contribution in [1.82, 2.24) is 4.57 Å². The molecular weight excluding hydrogens is 225 g/mol. The van der Waals surface area contributed by atoms with Gasteiger partial charge >= 0.3 is 5.97 Å². The van der Waals surface area contributed by atoms with Crippen LogP contribution in [0.4, 0.5) is 4.39 Å². The van der Waals surface area contributed by atoms with Crippen LogP contribution < -0.4 is 4.74 Å². The van der Waals surface area contributed by atoms with Crippen molar-refractivity contribution < 1.29 is 19.0 Å². The summed E-state index contributed by atoms with van der Waals surface area (Å²) in [6, 6.07) is 2.82. The van der Waals surface area contributed by atoms with Gasteiger partial charge in [-0.15, -0.1) is 0 Å². The SMILES string of the molecule is COc1c(F)ccc2c1c(C(=O)O)c(C)n2C. The van der Waals surface area contributed by atoms with Crippen molar-refractivity contribution in [3.05, 3.63) is 29.2 Å². The van der Waals surface area contributed by atoms with Crippen LogP contribution in [0.15, 0.2) is 12.1 Å². The summed E-state index contributed by atoms with van der Waals surface area (Å²) in [7, 11) is 3.06. The number of halogens is 1. The Balaban J connectivity index is 3.02. The highest BCUT2D eigenvalue weighted by molar-refractivity contribution is 6.07. The predicted octanol–water partition coefficient (Wildman–Crippen LogP) is 2.33. The van der Waals surface area contributed by atoms with Gasteiger partial charge in [0.1, 0.15) is 0 Å². The maximum absolute atomic E-state index is 13.6. The van der Waals surface area contributed by atoms with Crippen molar-refractivity contribution in [2.75, 3.05) is 7.11 Å². The maximum Gasteiger partial charge on any atom is 0.338 e. The molecule has 0 saturated heterocycles. The fourth-order valence-corrected chi connectivity index (χ4v) is 2.06. The van der Waals surface area contributed by atoms with Crippen LogP contribution in [0, 0.1) is 12.7 Å². The van der Waals surface area contributed by atoms with E-state index in [1.54, 1.807) is 24.6 Å². The average molecular weight is 237 g/mol. The van der Waals surface area contributed by atoms with Crippen LogP contribution in [0.2, 0.25) is 0 Å². The Hall–Kier alpha value is -2.04. The normalized spacial score (nSPS) is 10.8. The molecule has 0 atom stereocenters. The number of nitrogens with zero attached hydrogens (tertiary/aromatic N) is 1. The number of aromatic carboxylic acids is 1. The van der Waals surface area contributed by atoms with Crippen molar-refractivity contribution in [2.24, 2.45) is 7.05 Å². The first kappa shape index (κ1) is 11.4. The molecule has 1 aromatic carbocycles. The molecule has 0 aliphatic heterocycles. The predicted molar refractivity (Wildman–Crippen MR) is 61.1 cm³/mol. The summed E-state index contributed by atoms with van der Waals surface area (Å²) in [5.74, 6) is -1.67. The second-order valence-corrected chi connectivity index (χ2v) is 3.80. The molecule has 0 amide bonds. The van der Waals surface area contributed by atoms with E-state index >= 15 is 0 Å². The highest BCUT2D eigenvalue weighted by Gasteiger charge is 2.22. The zero-order valence-electron chi connectivity index (χ0n) is 9.74. The molecule has 0 unspecified atom stereocenters. The van der Waals surface area contributed by atoms with Crippen LogP contribution in [-0.4, -0.2) is 22.8 Å². The number of aryl methyl sites for hydroxylation is 1. The van der Waals surface area contributed by atoms with Crippen molar-refractivity contribution in [2.45, 2.75) is 6.92 Å². The number of aromatic nitrogens is 1. The third-order valence-electron chi connectivity index (χ3n) is 2.98. The minimum atomic E-state index is -1.09. The summed E-state index contributed by atoms with van der Waals surface area (Å²) in [6.07, 6.45) is 0. The summed E-state index contributed by atoms with van der Waals surface area (Å²) < 4.78 is 20.3. The number of ether oxygens (including phenoxy) is 1. The number of carbonyl (C=O) groups is 1. The van der Waals surface area contributed by atoms with Gasteiger partial charge in [-0.25, -0.2) is 9.18 Å². The molecule has 1 aromatic heterocycles. The van der Waals surface area contributed by atoms with Crippen LogP contribution >= 0.6 is 0 Å². The highest BCUT2D eigenvalue weighted by atomic mass is 19.1. The summed E-state index contributed by atoms with van der Waals surface area (Å²) in [6.45, 7) is 1.68. The van der Waals surface area contributed by atoms with Gasteiger partial charge < -0.3 is 14.4 Å². The Morgan fingerprint density at radius 3 is 2.65 bits per heavy atom. The van der Waals surface area contributed by atoms with E-state index in [9.17, 15) is 14.3 Å². The van der Waals surface area contributed by atoms with E-state index in [4.69, 9.17) is 4.74 Å². The van der Waals surface area contributed by atoms with E-state index in [1.807, 2.05) is 0 Å². The smallest absolute Gasteiger partial charge is 0.338 e. The van der Waals surface area contributed by atoms with Crippen molar-refractivity contribution in [1.29, 1.82) is 0 Å². The Morgan fingerprint density at radius 1 is 1.47 bits per heavy atom. The molecule has 0 spiro atoms. The molecule has 0 radical (unpaired) electrons. The van der Waals surface area contributed by atoms with Gasteiger partial charge in [0.05, 0.1) is 23.6 Å². The van der Waals surface area contributed by atoms with Gasteiger partial charge in [-0.05, 0) is 19.1 Å². The molecule has 0 bridgehead atoms. The fraction of sp³-hybridized carbons (Fsp3) is 0.250. The first-order valence-electron chi connectivity index (χ1n) is 5.03. The standard InChI is InChI=1S/C12H12FNO3/c1-6-9(12(15)16)10-8(14(6)2)5-4-7(13)11(10)17-3/h4-5H,1-3H3,(H,15,16). The molecule has 0 aliphatic carbocycles. The summed E-state index contributed by atoms with van der Waals surface area (Å²) >= 11 is 0. The molecule has 0 fully saturated rings. The van der Waals surface area contributed by atoms with Gasteiger partial charge in [-0.2, -0.15) is 0 Å². The molecule has 90 valence electrons. The molecule has 4 nitrogen and oxygen atoms in total. The highest BCUT2D eigenvalue weighted by Crippen LogP contribution is 2.34. The zero-order valence-corrected chi connectivity index (χ0v) is 9.74. The Kier molecular flexibility index (Phi) is 2.53. The van der Waals surface area contributed by atoms with Crippen LogP contribution in [0.1, 0.15) is 16.1 Å². The third-order valence-corrected chi connectivity index (χ3v) is 2.98. The van der Waals surface area contributed by atoms with E-state index in [1.165, 1.54) is 13.2 Å². The number of methoxy groups -OCH3 is 1. The second-order valence-electron chi connectivity index (χ2n) is 3.80. The van der Waals surface area contributed by atoms with Crippen LogP contribution in [0.5, 0.6) is 5.75 Å². The van der Waals surface area contributed by atoms with Crippen molar-refractivity contribution in [3.8, 4) is 5.75 Å². The second kappa shape index (κ2) is 3.76. The quantitative estimate of drug-likeness (QED) is 0.872. The molecule has 5 heteroatoms. The van der Waals surface area contributed by atoms with E-state index in [0.717, 1.165) is 0 Å². The van der Waals surface area contributed by atoms with Crippen molar-refractivity contribution >= 4 is 16.9 Å². The summed E-state index contributed by atoms with van der Waals surface area (Å²) in [5.41, 5.74) is 1.29. The number of benzene rings is 1.